The third-order valence-corrected chi connectivity index (χ3v) is 6.05. The zero-order valence-electron chi connectivity index (χ0n) is 16.8. The van der Waals surface area contributed by atoms with E-state index in [1.165, 1.54) is 5.56 Å². The van der Waals surface area contributed by atoms with Gasteiger partial charge in [-0.2, -0.15) is 5.10 Å². The van der Waals surface area contributed by atoms with Crippen LogP contribution < -0.4 is 16.0 Å². The number of amides is 4. The van der Waals surface area contributed by atoms with Crippen molar-refractivity contribution in [2.24, 2.45) is 0 Å². The van der Waals surface area contributed by atoms with E-state index in [0.29, 0.717) is 24.2 Å². The first-order valence-corrected chi connectivity index (χ1v) is 10.3. The Morgan fingerprint density at radius 1 is 1.10 bits per heavy atom. The van der Waals surface area contributed by atoms with Gasteiger partial charge in [-0.25, -0.2) is 0 Å². The minimum absolute atomic E-state index is 0.0983. The third kappa shape index (κ3) is 3.33. The highest BCUT2D eigenvalue weighted by Gasteiger charge is 2.45. The van der Waals surface area contributed by atoms with E-state index in [4.69, 9.17) is 0 Å². The Morgan fingerprint density at radius 3 is 2.81 bits per heavy atom. The average Bonchev–Trinajstić information content (AvgIpc) is 3.28. The van der Waals surface area contributed by atoms with E-state index in [0.717, 1.165) is 35.8 Å². The summed E-state index contributed by atoms with van der Waals surface area (Å²) in [6.45, 7) is 2.60. The van der Waals surface area contributed by atoms with Gasteiger partial charge in [0.1, 0.15) is 6.04 Å². The van der Waals surface area contributed by atoms with Crippen LogP contribution >= 0.6 is 0 Å². The molecule has 1 aromatic heterocycles. The number of rotatable bonds is 5. The van der Waals surface area contributed by atoms with Crippen molar-refractivity contribution in [3.05, 3.63) is 51.8 Å². The largest absolute Gasteiger partial charge is 0.312 e. The zero-order valence-corrected chi connectivity index (χ0v) is 16.8. The number of aromatic nitrogens is 2. The van der Waals surface area contributed by atoms with Gasteiger partial charge in [0.25, 0.3) is 11.8 Å². The van der Waals surface area contributed by atoms with E-state index in [1.54, 1.807) is 18.2 Å². The maximum absolute atomic E-state index is 13.1. The van der Waals surface area contributed by atoms with Gasteiger partial charge < -0.3 is 10.6 Å². The maximum Gasteiger partial charge on any atom is 0.262 e. The van der Waals surface area contributed by atoms with Crippen molar-refractivity contribution in [3.8, 4) is 0 Å². The summed E-state index contributed by atoms with van der Waals surface area (Å²) in [5.41, 5.74) is 4.55. The van der Waals surface area contributed by atoms with Crippen LogP contribution in [-0.4, -0.2) is 51.3 Å². The number of hydrogen-bond acceptors (Lipinski definition) is 7. The van der Waals surface area contributed by atoms with Crippen molar-refractivity contribution in [2.75, 3.05) is 6.54 Å². The highest BCUT2D eigenvalue weighted by molar-refractivity contribution is 6.24. The highest BCUT2D eigenvalue weighted by Crippen LogP contribution is 2.30. The Hall–Kier alpha value is -3.37. The smallest absolute Gasteiger partial charge is 0.262 e. The molecule has 4 heterocycles. The van der Waals surface area contributed by atoms with E-state index in [9.17, 15) is 19.2 Å². The lowest BCUT2D eigenvalue weighted by Crippen LogP contribution is -2.54. The summed E-state index contributed by atoms with van der Waals surface area (Å²) in [5.74, 6) is -1.99. The number of benzene rings is 1. The maximum atomic E-state index is 13.1. The van der Waals surface area contributed by atoms with E-state index < -0.39 is 29.7 Å². The van der Waals surface area contributed by atoms with Crippen LogP contribution in [0, 0.1) is 0 Å². The van der Waals surface area contributed by atoms with Crippen LogP contribution in [0.15, 0.2) is 18.2 Å². The molecule has 1 aromatic carbocycles. The number of imide groups is 2. The Bertz CT molecular complexity index is 1110. The molecule has 1 saturated heterocycles. The Balaban J connectivity index is 1.33. The quantitative estimate of drug-likeness (QED) is 0.488. The summed E-state index contributed by atoms with van der Waals surface area (Å²) in [7, 11) is 0. The van der Waals surface area contributed by atoms with Crippen molar-refractivity contribution in [2.45, 2.75) is 44.9 Å². The van der Waals surface area contributed by atoms with Gasteiger partial charge in [-0.05, 0) is 18.1 Å². The van der Waals surface area contributed by atoms with Crippen molar-refractivity contribution < 1.29 is 19.2 Å². The molecule has 1 atom stereocenters. The average molecular weight is 422 g/mol. The topological polar surface area (TPSA) is 136 Å². The third-order valence-electron chi connectivity index (χ3n) is 6.05. The standard InChI is InChI=1S/C21H22N6O4/c28-17-5-4-16(19(29)24-17)27-20(30)12-3-1-2-11(18(12)21(27)31)8-23-10-15-13-9-22-7-6-14(13)25-26-15/h1-3,16,22-23H,4-10H2,(H,25,26)(H,24,28,29). The second-order valence-electron chi connectivity index (χ2n) is 7.94. The van der Waals surface area contributed by atoms with E-state index in [-0.39, 0.29) is 18.4 Å². The van der Waals surface area contributed by atoms with Crippen LogP contribution in [0.3, 0.4) is 0 Å². The molecule has 10 heteroatoms. The molecule has 0 spiro atoms. The molecular formula is C21H22N6O4. The van der Waals surface area contributed by atoms with Gasteiger partial charge >= 0.3 is 0 Å². The molecule has 160 valence electrons. The monoisotopic (exact) mass is 422 g/mol. The Labute approximate surface area is 177 Å². The molecular weight excluding hydrogens is 400 g/mol. The Morgan fingerprint density at radius 2 is 1.97 bits per heavy atom. The number of nitrogens with zero attached hydrogens (tertiary/aromatic N) is 2. The minimum atomic E-state index is -0.964. The van der Waals surface area contributed by atoms with Gasteiger partial charge in [-0.3, -0.25) is 34.5 Å². The van der Waals surface area contributed by atoms with Crippen molar-refractivity contribution in [3.63, 3.8) is 0 Å². The van der Waals surface area contributed by atoms with Gasteiger partial charge in [0.05, 0.1) is 16.8 Å². The zero-order chi connectivity index (χ0) is 21.5. The summed E-state index contributed by atoms with van der Waals surface area (Å²) < 4.78 is 0. The number of carbonyl (C=O) groups is 4. The predicted molar refractivity (Wildman–Crippen MR) is 108 cm³/mol. The van der Waals surface area contributed by atoms with E-state index in [2.05, 4.69) is 26.1 Å². The number of aromatic amines is 1. The molecule has 10 nitrogen and oxygen atoms in total. The molecule has 31 heavy (non-hydrogen) atoms. The van der Waals surface area contributed by atoms with Crippen LogP contribution in [0.2, 0.25) is 0 Å². The predicted octanol–water partition coefficient (Wildman–Crippen LogP) is -0.254. The second-order valence-corrected chi connectivity index (χ2v) is 7.94. The van der Waals surface area contributed by atoms with Crippen LogP contribution in [0.5, 0.6) is 0 Å². The summed E-state index contributed by atoms with van der Waals surface area (Å²) in [5, 5.41) is 16.3. The van der Waals surface area contributed by atoms with Crippen molar-refractivity contribution in [1.82, 2.24) is 31.0 Å². The molecule has 1 unspecified atom stereocenters. The number of H-pyrrole nitrogens is 1. The van der Waals surface area contributed by atoms with Gasteiger partial charge in [0.15, 0.2) is 0 Å². The van der Waals surface area contributed by atoms with Crippen LogP contribution in [0.1, 0.15) is 56.1 Å². The van der Waals surface area contributed by atoms with E-state index >= 15 is 0 Å². The fourth-order valence-electron chi connectivity index (χ4n) is 4.48. The fourth-order valence-corrected chi connectivity index (χ4v) is 4.48. The Kier molecular flexibility index (Phi) is 4.87. The SMILES string of the molecule is O=C1CCC(N2C(=O)c3cccc(CNCc4n[nH]c5c4CNCC5)c3C2=O)C(=O)N1. The molecule has 0 bridgehead atoms. The van der Waals surface area contributed by atoms with Gasteiger partial charge in [-0.1, -0.05) is 12.1 Å². The molecule has 5 rings (SSSR count). The first-order valence-electron chi connectivity index (χ1n) is 10.3. The molecule has 2 aromatic rings. The van der Waals surface area contributed by atoms with Crippen LogP contribution in [-0.2, 0) is 35.6 Å². The normalized spacial score (nSPS) is 20.6. The molecule has 0 saturated carbocycles. The lowest BCUT2D eigenvalue weighted by atomic mass is 10.0. The number of fused-ring (bicyclic) bond motifs is 2. The van der Waals surface area contributed by atoms with Gasteiger partial charge in [0.2, 0.25) is 11.8 Å². The molecule has 4 N–H and O–H groups in total. The summed E-state index contributed by atoms with van der Waals surface area (Å²) in [6.07, 6.45) is 1.16. The summed E-state index contributed by atoms with van der Waals surface area (Å²) >= 11 is 0. The molecule has 3 aliphatic heterocycles. The fraction of sp³-hybridized carbons (Fsp3) is 0.381. The number of piperidine rings is 1. The first kappa shape index (κ1) is 19.6. The lowest BCUT2D eigenvalue weighted by molar-refractivity contribution is -0.136. The first-order chi connectivity index (χ1) is 15.0. The molecule has 1 fully saturated rings. The molecule has 3 aliphatic rings. The molecule has 0 aliphatic carbocycles. The van der Waals surface area contributed by atoms with E-state index in [1.807, 2.05) is 0 Å². The van der Waals surface area contributed by atoms with Crippen LogP contribution in [0.25, 0.3) is 0 Å². The molecule has 0 radical (unpaired) electrons. The van der Waals surface area contributed by atoms with Crippen molar-refractivity contribution in [1.29, 1.82) is 0 Å². The molecule has 4 amide bonds. The van der Waals surface area contributed by atoms with Crippen molar-refractivity contribution >= 4 is 23.6 Å². The van der Waals surface area contributed by atoms with Gasteiger partial charge in [-0.15, -0.1) is 0 Å². The number of hydrogen-bond donors (Lipinski definition) is 4. The summed E-state index contributed by atoms with van der Waals surface area (Å²) in [6, 6.07) is 4.16. The summed E-state index contributed by atoms with van der Waals surface area (Å²) in [4.78, 5) is 50.7. The highest BCUT2D eigenvalue weighted by atomic mass is 16.2. The second kappa shape index (κ2) is 7.71. The minimum Gasteiger partial charge on any atom is -0.312 e. The number of nitrogens with one attached hydrogen (secondary N) is 4. The van der Waals surface area contributed by atoms with Gasteiger partial charge in [0, 0.05) is 50.3 Å². The lowest BCUT2D eigenvalue weighted by Gasteiger charge is -2.27. The van der Waals surface area contributed by atoms with Crippen LogP contribution in [0.4, 0.5) is 0 Å². The number of carbonyl (C=O) groups excluding carboxylic acids is 4.